The zero-order valence-electron chi connectivity index (χ0n) is 22.1. The molecule has 9 nitrogen and oxygen atoms in total. The Labute approximate surface area is 221 Å². The summed E-state index contributed by atoms with van der Waals surface area (Å²) in [5, 5.41) is 19.1. The molecule has 0 aliphatic carbocycles. The average molecular weight is 542 g/mol. The van der Waals surface area contributed by atoms with Crippen LogP contribution in [0.3, 0.4) is 0 Å². The lowest BCUT2D eigenvalue weighted by Gasteiger charge is -2.32. The van der Waals surface area contributed by atoms with Crippen molar-refractivity contribution in [3.8, 4) is 0 Å². The van der Waals surface area contributed by atoms with Crippen LogP contribution in [0.2, 0.25) is 0 Å². The van der Waals surface area contributed by atoms with E-state index in [1.165, 1.54) is 9.80 Å². The van der Waals surface area contributed by atoms with Crippen LogP contribution in [0.15, 0.2) is 18.2 Å². The summed E-state index contributed by atoms with van der Waals surface area (Å²) >= 11 is 0. The van der Waals surface area contributed by atoms with Gasteiger partial charge in [-0.1, -0.05) is 27.2 Å². The van der Waals surface area contributed by atoms with E-state index in [1.54, 1.807) is 0 Å². The minimum Gasteiger partial charge on any atom is -0.391 e. The fourth-order valence-corrected chi connectivity index (χ4v) is 4.59. The van der Waals surface area contributed by atoms with E-state index in [2.05, 4.69) is 16.0 Å². The van der Waals surface area contributed by atoms with E-state index in [4.69, 9.17) is 0 Å². The van der Waals surface area contributed by atoms with Crippen molar-refractivity contribution in [2.45, 2.75) is 70.8 Å². The molecule has 3 rings (SSSR count). The second-order valence-corrected chi connectivity index (χ2v) is 10.4. The Bertz CT molecular complexity index is 1000. The monoisotopic (exact) mass is 541 g/mol. The zero-order valence-corrected chi connectivity index (χ0v) is 22.1. The molecule has 0 aromatic heterocycles. The molecule has 4 amide bonds. The molecule has 2 aliphatic rings. The van der Waals surface area contributed by atoms with E-state index in [0.717, 1.165) is 25.0 Å². The van der Waals surface area contributed by atoms with Gasteiger partial charge < -0.3 is 30.9 Å². The van der Waals surface area contributed by atoms with E-state index in [-0.39, 0.29) is 17.7 Å². The maximum atomic E-state index is 13.4. The van der Waals surface area contributed by atoms with Crippen LogP contribution >= 0.6 is 0 Å². The number of hydrogen-bond acceptors (Lipinski definition) is 5. The molecule has 0 spiro atoms. The largest absolute Gasteiger partial charge is 0.416 e. The first-order valence-corrected chi connectivity index (χ1v) is 13.2. The smallest absolute Gasteiger partial charge is 0.391 e. The minimum atomic E-state index is -4.69. The second-order valence-electron chi connectivity index (χ2n) is 10.4. The number of likely N-dealkylation sites (tertiary alicyclic amines) is 2. The Morgan fingerprint density at radius 1 is 1.16 bits per heavy atom. The summed E-state index contributed by atoms with van der Waals surface area (Å²) in [6.07, 6.45) is -3.15. The first-order chi connectivity index (χ1) is 17.9. The van der Waals surface area contributed by atoms with E-state index in [0.29, 0.717) is 51.1 Å². The van der Waals surface area contributed by atoms with Crippen LogP contribution in [0.4, 0.5) is 23.7 Å². The maximum absolute atomic E-state index is 13.4. The van der Waals surface area contributed by atoms with Gasteiger partial charge in [0.1, 0.15) is 6.04 Å². The van der Waals surface area contributed by atoms with Gasteiger partial charge in [0.25, 0.3) is 5.91 Å². The van der Waals surface area contributed by atoms with Crippen molar-refractivity contribution in [3.05, 3.63) is 29.3 Å². The van der Waals surface area contributed by atoms with E-state index in [1.807, 2.05) is 20.8 Å². The second kappa shape index (κ2) is 12.8. The van der Waals surface area contributed by atoms with Gasteiger partial charge in [-0.15, -0.1) is 0 Å². The summed E-state index contributed by atoms with van der Waals surface area (Å²) in [5.74, 6) is -0.912. The highest BCUT2D eigenvalue weighted by atomic mass is 19.4. The van der Waals surface area contributed by atoms with Gasteiger partial charge in [-0.05, 0) is 49.9 Å². The molecule has 1 aromatic carbocycles. The molecular formula is C26H38F3N5O4. The van der Waals surface area contributed by atoms with Crippen molar-refractivity contribution < 1.29 is 32.7 Å². The summed E-state index contributed by atoms with van der Waals surface area (Å²) in [6, 6.07) is 0.571. The molecule has 38 heavy (non-hydrogen) atoms. The van der Waals surface area contributed by atoms with Crippen molar-refractivity contribution in [2.24, 2.45) is 5.92 Å². The van der Waals surface area contributed by atoms with Gasteiger partial charge in [0.2, 0.25) is 5.91 Å². The SMILES string of the molecule is CCC[C@H](O)[C@H](CNCC(C)C)N1CC[C@H](NC(=O)c2cc(C(F)(F)F)ccc2NC(=O)N2CCC2)C1=O. The van der Waals surface area contributed by atoms with Crippen molar-refractivity contribution in [1.82, 2.24) is 20.4 Å². The molecule has 2 heterocycles. The Hall–Kier alpha value is -2.86. The zero-order chi connectivity index (χ0) is 28.0. The fourth-order valence-electron chi connectivity index (χ4n) is 4.59. The number of nitrogens with one attached hydrogen (secondary N) is 3. The van der Waals surface area contributed by atoms with Gasteiger partial charge in [-0.3, -0.25) is 9.59 Å². The number of rotatable bonds is 11. The molecule has 212 valence electrons. The third-order valence-electron chi connectivity index (χ3n) is 6.86. The van der Waals surface area contributed by atoms with E-state index in [9.17, 15) is 32.7 Å². The van der Waals surface area contributed by atoms with Crippen LogP contribution in [-0.2, 0) is 11.0 Å². The van der Waals surface area contributed by atoms with Crippen molar-refractivity contribution in [3.63, 3.8) is 0 Å². The highest BCUT2D eigenvalue weighted by Gasteiger charge is 2.40. The van der Waals surface area contributed by atoms with Crippen molar-refractivity contribution in [2.75, 3.05) is 38.0 Å². The summed E-state index contributed by atoms with van der Waals surface area (Å²) in [6.45, 7) is 8.46. The summed E-state index contributed by atoms with van der Waals surface area (Å²) in [7, 11) is 0. The fraction of sp³-hybridized carbons (Fsp3) is 0.654. The highest BCUT2D eigenvalue weighted by molar-refractivity contribution is 6.05. The highest BCUT2D eigenvalue weighted by Crippen LogP contribution is 2.32. The quantitative estimate of drug-likeness (QED) is 0.344. The molecular weight excluding hydrogens is 503 g/mol. The predicted molar refractivity (Wildman–Crippen MR) is 137 cm³/mol. The summed E-state index contributed by atoms with van der Waals surface area (Å²) in [5.41, 5.74) is -1.48. The van der Waals surface area contributed by atoms with E-state index < -0.39 is 47.8 Å². The Balaban J connectivity index is 1.76. The third-order valence-corrected chi connectivity index (χ3v) is 6.86. The van der Waals surface area contributed by atoms with Crippen LogP contribution in [-0.4, -0.2) is 83.7 Å². The lowest BCUT2D eigenvalue weighted by atomic mass is 10.0. The van der Waals surface area contributed by atoms with Crippen LogP contribution in [0.25, 0.3) is 0 Å². The lowest BCUT2D eigenvalue weighted by Crippen LogP contribution is -2.53. The van der Waals surface area contributed by atoms with E-state index >= 15 is 0 Å². The number of nitrogens with zero attached hydrogens (tertiary/aromatic N) is 2. The number of halogens is 3. The van der Waals surface area contributed by atoms with Gasteiger partial charge in [0, 0.05) is 26.2 Å². The molecule has 0 radical (unpaired) electrons. The first-order valence-electron chi connectivity index (χ1n) is 13.2. The Morgan fingerprint density at radius 3 is 2.45 bits per heavy atom. The molecule has 2 fully saturated rings. The predicted octanol–water partition coefficient (Wildman–Crippen LogP) is 3.05. The van der Waals surface area contributed by atoms with Gasteiger partial charge in [0.05, 0.1) is 29.0 Å². The maximum Gasteiger partial charge on any atom is 0.416 e. The number of hydrogen-bond donors (Lipinski definition) is 4. The number of carbonyl (C=O) groups excluding carboxylic acids is 3. The first kappa shape index (κ1) is 29.7. The van der Waals surface area contributed by atoms with Crippen LogP contribution in [0.5, 0.6) is 0 Å². The number of aliphatic hydroxyl groups excluding tert-OH is 1. The van der Waals surface area contributed by atoms with Crippen LogP contribution in [0, 0.1) is 5.92 Å². The van der Waals surface area contributed by atoms with Crippen molar-refractivity contribution >= 4 is 23.5 Å². The number of carbonyl (C=O) groups is 3. The van der Waals surface area contributed by atoms with Crippen molar-refractivity contribution in [1.29, 1.82) is 0 Å². The Morgan fingerprint density at radius 2 is 1.87 bits per heavy atom. The number of alkyl halides is 3. The summed E-state index contributed by atoms with van der Waals surface area (Å²) < 4.78 is 40.2. The van der Waals surface area contributed by atoms with Gasteiger partial charge >= 0.3 is 12.2 Å². The minimum absolute atomic E-state index is 0.0659. The molecule has 4 N–H and O–H groups in total. The van der Waals surface area contributed by atoms with Gasteiger partial charge in [-0.25, -0.2) is 4.79 Å². The third kappa shape index (κ3) is 7.37. The Kier molecular flexibility index (Phi) is 10.00. The lowest BCUT2D eigenvalue weighted by molar-refractivity contribution is -0.137. The number of amides is 4. The molecule has 2 saturated heterocycles. The molecule has 12 heteroatoms. The average Bonchev–Trinajstić information content (AvgIpc) is 3.14. The standard InChI is InChI=1S/C26H38F3N5O4/c1-4-6-22(35)21(15-30-14-16(2)3)34-12-9-20(24(34)37)31-23(36)18-13-17(26(27,28)29)7-8-19(18)32-25(38)33-10-5-11-33/h7-8,13,16,20-22,30,35H,4-6,9-12,14-15H2,1-3H3,(H,31,36)(H,32,38)/t20-,21-,22-/m0/s1. The van der Waals surface area contributed by atoms with Gasteiger partial charge in [-0.2, -0.15) is 13.2 Å². The number of anilines is 1. The van der Waals surface area contributed by atoms with Crippen LogP contribution < -0.4 is 16.0 Å². The topological polar surface area (TPSA) is 114 Å². The number of aliphatic hydroxyl groups is 1. The molecule has 0 unspecified atom stereocenters. The normalized spacial score (nSPS) is 19.4. The van der Waals surface area contributed by atoms with Gasteiger partial charge in [0.15, 0.2) is 0 Å². The molecule has 0 saturated carbocycles. The molecule has 0 bridgehead atoms. The number of benzene rings is 1. The molecule has 2 aliphatic heterocycles. The number of urea groups is 1. The summed E-state index contributed by atoms with van der Waals surface area (Å²) in [4.78, 5) is 41.8. The molecule has 3 atom stereocenters. The molecule has 1 aromatic rings. The van der Waals surface area contributed by atoms with Crippen LogP contribution in [0.1, 0.15) is 62.4 Å².